The second-order valence-corrected chi connectivity index (χ2v) is 8.34. The van der Waals surface area contributed by atoms with E-state index >= 15 is 0 Å². The summed E-state index contributed by atoms with van der Waals surface area (Å²) in [6, 6.07) is 15.0. The van der Waals surface area contributed by atoms with E-state index in [1.807, 2.05) is 19.9 Å². The predicted octanol–water partition coefficient (Wildman–Crippen LogP) is 4.43. The number of carbonyl (C=O) groups excluding carboxylic acids is 2. The van der Waals surface area contributed by atoms with Crippen LogP contribution in [0.3, 0.4) is 0 Å². The van der Waals surface area contributed by atoms with Gasteiger partial charge in [-0.1, -0.05) is 6.07 Å². The van der Waals surface area contributed by atoms with Gasteiger partial charge in [-0.2, -0.15) is 0 Å². The van der Waals surface area contributed by atoms with E-state index in [9.17, 15) is 14.7 Å². The number of carbonyl (C=O) groups is 2. The number of aromatic nitrogens is 1. The third-order valence-electron chi connectivity index (χ3n) is 6.04. The summed E-state index contributed by atoms with van der Waals surface area (Å²) in [6.07, 6.45) is 3.98. The molecule has 0 bridgehead atoms. The summed E-state index contributed by atoms with van der Waals surface area (Å²) >= 11 is 0. The van der Waals surface area contributed by atoms with Gasteiger partial charge in [0.2, 0.25) is 0 Å². The molecule has 0 spiro atoms. The van der Waals surface area contributed by atoms with Crippen LogP contribution in [0.2, 0.25) is 0 Å². The van der Waals surface area contributed by atoms with Gasteiger partial charge in [-0.3, -0.25) is 19.5 Å². The van der Waals surface area contributed by atoms with E-state index in [2.05, 4.69) is 4.98 Å². The molecule has 2 aromatic carbocycles. The number of benzene rings is 2. The van der Waals surface area contributed by atoms with Crippen molar-refractivity contribution in [3.8, 4) is 11.5 Å². The number of ether oxygens (including phenoxy) is 2. The Morgan fingerprint density at radius 1 is 1.18 bits per heavy atom. The molecule has 0 aliphatic carbocycles. The van der Waals surface area contributed by atoms with Crippen molar-refractivity contribution in [3.63, 3.8) is 0 Å². The van der Waals surface area contributed by atoms with Crippen molar-refractivity contribution < 1.29 is 24.2 Å². The molecule has 172 valence electrons. The van der Waals surface area contributed by atoms with E-state index in [-0.39, 0.29) is 17.4 Å². The Bertz CT molecular complexity index is 1280. The minimum absolute atomic E-state index is 0.0267. The molecule has 2 unspecified atom stereocenters. The number of fused-ring (bicyclic) bond motifs is 1. The van der Waals surface area contributed by atoms with Crippen LogP contribution in [-0.2, 0) is 16.0 Å². The molecule has 1 fully saturated rings. The molecule has 1 aromatic heterocycles. The van der Waals surface area contributed by atoms with Crippen molar-refractivity contribution >= 4 is 23.1 Å². The van der Waals surface area contributed by atoms with Crippen molar-refractivity contribution in [1.82, 2.24) is 4.98 Å². The SMILES string of the molecule is CCOc1ccc(N2C(=O)C(=O)/C(=C(\O)c3ccc4c(c3)CC(C)O4)C2c2cccnc2)cc1. The van der Waals surface area contributed by atoms with E-state index < -0.39 is 17.7 Å². The zero-order valence-electron chi connectivity index (χ0n) is 18.9. The Morgan fingerprint density at radius 2 is 1.97 bits per heavy atom. The lowest BCUT2D eigenvalue weighted by molar-refractivity contribution is -0.132. The number of nitrogens with zero attached hydrogens (tertiary/aromatic N) is 2. The molecule has 7 heteroatoms. The van der Waals surface area contributed by atoms with Crippen LogP contribution in [0.5, 0.6) is 11.5 Å². The molecule has 7 nitrogen and oxygen atoms in total. The highest BCUT2D eigenvalue weighted by Gasteiger charge is 2.47. The van der Waals surface area contributed by atoms with Crippen LogP contribution in [0, 0.1) is 0 Å². The smallest absolute Gasteiger partial charge is 0.300 e. The van der Waals surface area contributed by atoms with Gasteiger partial charge in [0.25, 0.3) is 11.7 Å². The fraction of sp³-hybridized carbons (Fsp3) is 0.222. The maximum absolute atomic E-state index is 13.3. The number of ketones is 1. The number of rotatable bonds is 5. The summed E-state index contributed by atoms with van der Waals surface area (Å²) in [5, 5.41) is 11.3. The number of pyridine rings is 1. The van der Waals surface area contributed by atoms with E-state index in [0.29, 0.717) is 35.6 Å². The number of amides is 1. The topological polar surface area (TPSA) is 89.0 Å². The Hall–Kier alpha value is -4.13. The number of aliphatic hydroxyl groups excluding tert-OH is 1. The Balaban J connectivity index is 1.63. The Labute approximate surface area is 197 Å². The zero-order valence-corrected chi connectivity index (χ0v) is 18.9. The Morgan fingerprint density at radius 3 is 2.68 bits per heavy atom. The average Bonchev–Trinajstić information content (AvgIpc) is 3.35. The number of Topliss-reactive ketones (excluding diaryl/α,β-unsaturated/α-hetero) is 1. The molecule has 2 aliphatic rings. The lowest BCUT2D eigenvalue weighted by Gasteiger charge is -2.25. The molecule has 1 amide bonds. The summed E-state index contributed by atoms with van der Waals surface area (Å²) in [7, 11) is 0. The molecule has 3 aromatic rings. The van der Waals surface area contributed by atoms with E-state index in [1.54, 1.807) is 60.9 Å². The molecule has 2 aliphatic heterocycles. The molecule has 5 rings (SSSR count). The maximum Gasteiger partial charge on any atom is 0.300 e. The second-order valence-electron chi connectivity index (χ2n) is 8.34. The van der Waals surface area contributed by atoms with Crippen LogP contribution in [-0.4, -0.2) is 34.5 Å². The van der Waals surface area contributed by atoms with E-state index in [0.717, 1.165) is 11.3 Å². The number of aliphatic hydroxyl groups is 1. The number of hydrogen-bond donors (Lipinski definition) is 1. The van der Waals surface area contributed by atoms with E-state index in [1.165, 1.54) is 4.90 Å². The van der Waals surface area contributed by atoms with Gasteiger partial charge < -0.3 is 14.6 Å². The van der Waals surface area contributed by atoms with Gasteiger partial charge in [-0.25, -0.2) is 0 Å². The highest BCUT2D eigenvalue weighted by molar-refractivity contribution is 6.51. The van der Waals surface area contributed by atoms with Crippen LogP contribution >= 0.6 is 0 Å². The summed E-state index contributed by atoms with van der Waals surface area (Å²) in [5.74, 6) is -0.246. The normalized spacial score (nSPS) is 20.8. The second kappa shape index (κ2) is 8.67. The predicted molar refractivity (Wildman–Crippen MR) is 127 cm³/mol. The quantitative estimate of drug-likeness (QED) is 0.347. The standard InChI is InChI=1S/C27H24N2O5/c1-3-33-21-9-7-20(8-10-21)29-24(18-5-4-12-28-15-18)23(26(31)27(29)32)25(30)17-6-11-22-19(14-17)13-16(2)34-22/h4-12,14-16,24,30H,3,13H2,1-2H3/b25-23-. The first kappa shape index (κ1) is 21.7. The molecule has 0 saturated carbocycles. The van der Waals surface area contributed by atoms with Gasteiger partial charge in [0.15, 0.2) is 0 Å². The van der Waals surface area contributed by atoms with Gasteiger partial charge in [-0.15, -0.1) is 0 Å². The van der Waals surface area contributed by atoms with Gasteiger partial charge in [0.1, 0.15) is 23.4 Å². The minimum atomic E-state index is -0.824. The number of hydrogen-bond acceptors (Lipinski definition) is 6. The van der Waals surface area contributed by atoms with Crippen molar-refractivity contribution in [1.29, 1.82) is 0 Å². The van der Waals surface area contributed by atoms with Crippen molar-refractivity contribution in [2.45, 2.75) is 32.4 Å². The van der Waals surface area contributed by atoms with Gasteiger partial charge in [0.05, 0.1) is 18.2 Å². The molecule has 34 heavy (non-hydrogen) atoms. The molecule has 2 atom stereocenters. The highest BCUT2D eigenvalue weighted by atomic mass is 16.5. The monoisotopic (exact) mass is 456 g/mol. The Kier molecular flexibility index (Phi) is 5.53. The van der Waals surface area contributed by atoms with Crippen LogP contribution in [0.15, 0.2) is 72.6 Å². The first-order valence-corrected chi connectivity index (χ1v) is 11.2. The lowest BCUT2D eigenvalue weighted by Crippen LogP contribution is -2.29. The highest BCUT2D eigenvalue weighted by Crippen LogP contribution is 2.43. The van der Waals surface area contributed by atoms with E-state index in [4.69, 9.17) is 9.47 Å². The lowest BCUT2D eigenvalue weighted by atomic mass is 9.95. The molecule has 3 heterocycles. The first-order valence-electron chi connectivity index (χ1n) is 11.2. The van der Waals surface area contributed by atoms with Crippen LogP contribution < -0.4 is 14.4 Å². The fourth-order valence-corrected chi connectivity index (χ4v) is 4.55. The third kappa shape index (κ3) is 3.69. The molecule has 0 radical (unpaired) electrons. The summed E-state index contributed by atoms with van der Waals surface area (Å²) < 4.78 is 11.3. The van der Waals surface area contributed by atoms with Gasteiger partial charge in [-0.05, 0) is 73.5 Å². The van der Waals surface area contributed by atoms with Gasteiger partial charge in [0, 0.05) is 30.1 Å². The zero-order chi connectivity index (χ0) is 23.8. The summed E-state index contributed by atoms with van der Waals surface area (Å²) in [6.45, 7) is 4.38. The summed E-state index contributed by atoms with van der Waals surface area (Å²) in [5.41, 5.74) is 2.59. The number of anilines is 1. The van der Waals surface area contributed by atoms with Crippen molar-refractivity contribution in [2.24, 2.45) is 0 Å². The largest absolute Gasteiger partial charge is 0.507 e. The van der Waals surface area contributed by atoms with Gasteiger partial charge >= 0.3 is 0 Å². The van der Waals surface area contributed by atoms with Crippen LogP contribution in [0.1, 0.15) is 36.6 Å². The molecule has 1 saturated heterocycles. The third-order valence-corrected chi connectivity index (χ3v) is 6.04. The van der Waals surface area contributed by atoms with Crippen molar-refractivity contribution in [2.75, 3.05) is 11.5 Å². The van der Waals surface area contributed by atoms with Crippen LogP contribution in [0.25, 0.3) is 5.76 Å². The first-order chi connectivity index (χ1) is 16.5. The summed E-state index contributed by atoms with van der Waals surface area (Å²) in [4.78, 5) is 32.1. The van der Waals surface area contributed by atoms with Crippen LogP contribution in [0.4, 0.5) is 5.69 Å². The maximum atomic E-state index is 13.3. The molecular weight excluding hydrogens is 432 g/mol. The molecule has 1 N–H and O–H groups in total. The average molecular weight is 456 g/mol. The van der Waals surface area contributed by atoms with Crippen molar-refractivity contribution in [3.05, 3.63) is 89.3 Å². The minimum Gasteiger partial charge on any atom is -0.507 e. The molecular formula is C27H24N2O5. The fourth-order valence-electron chi connectivity index (χ4n) is 4.55.